The van der Waals surface area contributed by atoms with Crippen LogP contribution in [0.15, 0.2) is 41.4 Å². The van der Waals surface area contributed by atoms with Crippen molar-refractivity contribution in [3.63, 3.8) is 0 Å². The SMILES string of the molecule is Cc1cc(N/C=C(/COc2ncc(F)c(NC3COC3)n2)N=N)ccc1F. The predicted molar refractivity (Wildman–Crippen MR) is 93.7 cm³/mol. The van der Waals surface area contributed by atoms with Gasteiger partial charge in [0.1, 0.15) is 18.1 Å². The van der Waals surface area contributed by atoms with Crippen LogP contribution in [0.4, 0.5) is 20.3 Å². The molecule has 0 radical (unpaired) electrons. The molecule has 1 aromatic heterocycles. The number of halogens is 2. The second-order valence-corrected chi connectivity index (χ2v) is 5.87. The van der Waals surface area contributed by atoms with Crippen LogP contribution in [0.3, 0.4) is 0 Å². The Morgan fingerprint density at radius 3 is 2.89 bits per heavy atom. The van der Waals surface area contributed by atoms with E-state index in [0.717, 1.165) is 6.20 Å². The van der Waals surface area contributed by atoms with Gasteiger partial charge in [0.25, 0.3) is 0 Å². The summed E-state index contributed by atoms with van der Waals surface area (Å²) in [6.07, 6.45) is 2.46. The zero-order valence-electron chi connectivity index (χ0n) is 14.5. The van der Waals surface area contributed by atoms with Crippen molar-refractivity contribution in [2.45, 2.75) is 13.0 Å². The highest BCUT2D eigenvalue weighted by Crippen LogP contribution is 2.17. The van der Waals surface area contributed by atoms with E-state index in [1.54, 1.807) is 19.1 Å². The molecule has 142 valence electrons. The summed E-state index contributed by atoms with van der Waals surface area (Å²) in [7, 11) is 0. The van der Waals surface area contributed by atoms with E-state index in [4.69, 9.17) is 15.0 Å². The largest absolute Gasteiger partial charge is 0.457 e. The molecule has 1 aliphatic rings. The van der Waals surface area contributed by atoms with Gasteiger partial charge in [0.05, 0.1) is 25.5 Å². The van der Waals surface area contributed by atoms with E-state index in [9.17, 15) is 8.78 Å². The van der Waals surface area contributed by atoms with E-state index in [-0.39, 0.29) is 36.0 Å². The maximum Gasteiger partial charge on any atom is 0.318 e. The van der Waals surface area contributed by atoms with Crippen molar-refractivity contribution in [1.82, 2.24) is 9.97 Å². The number of nitrogens with zero attached hydrogens (tertiary/aromatic N) is 3. The summed E-state index contributed by atoms with van der Waals surface area (Å²) in [5, 5.41) is 9.16. The fraction of sp³-hybridized carbons (Fsp3) is 0.294. The Bertz CT molecular complexity index is 857. The van der Waals surface area contributed by atoms with Crippen molar-refractivity contribution >= 4 is 11.5 Å². The van der Waals surface area contributed by atoms with Gasteiger partial charge >= 0.3 is 6.01 Å². The maximum atomic E-state index is 13.7. The highest BCUT2D eigenvalue weighted by Gasteiger charge is 2.20. The normalized spacial score (nSPS) is 14.4. The number of aromatic nitrogens is 2. The first-order chi connectivity index (χ1) is 13.0. The highest BCUT2D eigenvalue weighted by atomic mass is 19.1. The Kier molecular flexibility index (Phi) is 5.87. The first-order valence-corrected chi connectivity index (χ1v) is 8.14. The number of hydrogen-bond donors (Lipinski definition) is 3. The van der Waals surface area contributed by atoms with Gasteiger partial charge in [-0.2, -0.15) is 10.1 Å². The number of aryl methyl sites for hydroxylation is 1. The van der Waals surface area contributed by atoms with Gasteiger partial charge in [-0.3, -0.25) is 0 Å². The molecular formula is C17H18F2N6O2. The van der Waals surface area contributed by atoms with Gasteiger partial charge in [0.15, 0.2) is 11.6 Å². The van der Waals surface area contributed by atoms with E-state index in [0.29, 0.717) is 24.5 Å². The fourth-order valence-electron chi connectivity index (χ4n) is 2.18. The molecule has 0 spiro atoms. The lowest BCUT2D eigenvalue weighted by Crippen LogP contribution is -2.40. The van der Waals surface area contributed by atoms with Crippen molar-refractivity contribution in [2.24, 2.45) is 5.11 Å². The van der Waals surface area contributed by atoms with Crippen molar-refractivity contribution in [3.8, 4) is 6.01 Å². The lowest BCUT2D eigenvalue weighted by molar-refractivity contribution is 0.0208. The molecule has 0 amide bonds. The van der Waals surface area contributed by atoms with Crippen LogP contribution in [0, 0.1) is 24.1 Å². The third-order valence-corrected chi connectivity index (χ3v) is 3.76. The Morgan fingerprint density at radius 2 is 2.22 bits per heavy atom. The molecule has 1 saturated heterocycles. The fourth-order valence-corrected chi connectivity index (χ4v) is 2.18. The molecule has 0 unspecified atom stereocenters. The molecule has 3 rings (SSSR count). The van der Waals surface area contributed by atoms with Crippen LogP contribution in [0.25, 0.3) is 0 Å². The molecule has 27 heavy (non-hydrogen) atoms. The van der Waals surface area contributed by atoms with Gasteiger partial charge in [-0.1, -0.05) is 0 Å². The molecule has 0 atom stereocenters. The van der Waals surface area contributed by atoms with Gasteiger partial charge in [0, 0.05) is 11.9 Å². The molecule has 0 saturated carbocycles. The highest BCUT2D eigenvalue weighted by molar-refractivity contribution is 5.48. The summed E-state index contributed by atoms with van der Waals surface area (Å²) in [4.78, 5) is 7.74. The summed E-state index contributed by atoms with van der Waals surface area (Å²) in [6, 6.07) is 4.48. The second-order valence-electron chi connectivity index (χ2n) is 5.87. The summed E-state index contributed by atoms with van der Waals surface area (Å²) in [5.74, 6) is -0.866. The zero-order valence-corrected chi connectivity index (χ0v) is 14.5. The lowest BCUT2D eigenvalue weighted by atomic mass is 10.2. The molecule has 3 N–H and O–H groups in total. The molecule has 2 aromatic rings. The van der Waals surface area contributed by atoms with Gasteiger partial charge in [0.2, 0.25) is 0 Å². The van der Waals surface area contributed by atoms with E-state index >= 15 is 0 Å². The smallest absolute Gasteiger partial charge is 0.318 e. The molecule has 8 nitrogen and oxygen atoms in total. The third kappa shape index (κ3) is 4.94. The average Bonchev–Trinajstić information content (AvgIpc) is 2.63. The quantitative estimate of drug-likeness (QED) is 0.611. The van der Waals surface area contributed by atoms with Gasteiger partial charge in [-0.25, -0.2) is 19.3 Å². The van der Waals surface area contributed by atoms with E-state index in [1.807, 2.05) is 0 Å². The Hall–Kier alpha value is -3.14. The lowest BCUT2D eigenvalue weighted by Gasteiger charge is -2.27. The summed E-state index contributed by atoms with van der Waals surface area (Å²) >= 11 is 0. The first kappa shape index (κ1) is 18.6. The monoisotopic (exact) mass is 376 g/mol. The Balaban J connectivity index is 1.60. The molecular weight excluding hydrogens is 358 g/mol. The summed E-state index contributed by atoms with van der Waals surface area (Å²) < 4.78 is 37.4. The van der Waals surface area contributed by atoms with Crippen LogP contribution in [-0.2, 0) is 4.74 Å². The molecule has 1 aromatic carbocycles. The van der Waals surface area contributed by atoms with Crippen molar-refractivity contribution in [3.05, 3.63) is 53.5 Å². The third-order valence-electron chi connectivity index (χ3n) is 3.76. The number of hydrogen-bond acceptors (Lipinski definition) is 8. The zero-order chi connectivity index (χ0) is 19.2. The second kappa shape index (κ2) is 8.49. The minimum Gasteiger partial charge on any atom is -0.457 e. The molecule has 1 aliphatic heterocycles. The minimum absolute atomic E-state index is 0.00399. The summed E-state index contributed by atoms with van der Waals surface area (Å²) in [5.41, 5.74) is 8.59. The molecule has 10 heteroatoms. The molecule has 0 bridgehead atoms. The molecule has 2 heterocycles. The maximum absolute atomic E-state index is 13.7. The van der Waals surface area contributed by atoms with Crippen LogP contribution < -0.4 is 15.4 Å². The summed E-state index contributed by atoms with van der Waals surface area (Å²) in [6.45, 7) is 2.52. The number of benzene rings is 1. The van der Waals surface area contributed by atoms with E-state index in [1.165, 1.54) is 12.3 Å². The minimum atomic E-state index is -0.594. The van der Waals surface area contributed by atoms with Crippen LogP contribution in [0.5, 0.6) is 6.01 Å². The standard InChI is InChI=1S/C17H18F2N6O2/c1-10-4-11(2-3-14(10)18)21-5-12(25-20)9-27-17-22-6-15(19)16(24-17)23-13-7-26-8-13/h2-6,13,20-21H,7-9H2,1H3,(H,22,23,24)/b12-5-,25-20?. The van der Waals surface area contributed by atoms with E-state index < -0.39 is 5.82 Å². The number of anilines is 2. The Labute approximate surface area is 154 Å². The van der Waals surface area contributed by atoms with Crippen LogP contribution in [0.1, 0.15) is 5.56 Å². The van der Waals surface area contributed by atoms with E-state index in [2.05, 4.69) is 25.7 Å². The van der Waals surface area contributed by atoms with Crippen molar-refractivity contribution < 1.29 is 18.3 Å². The van der Waals surface area contributed by atoms with Gasteiger partial charge in [-0.15, -0.1) is 0 Å². The van der Waals surface area contributed by atoms with Crippen molar-refractivity contribution in [1.29, 1.82) is 5.53 Å². The van der Waals surface area contributed by atoms with Gasteiger partial charge in [-0.05, 0) is 30.7 Å². The number of rotatable bonds is 8. The molecule has 1 fully saturated rings. The molecule has 0 aliphatic carbocycles. The van der Waals surface area contributed by atoms with Crippen molar-refractivity contribution in [2.75, 3.05) is 30.5 Å². The predicted octanol–water partition coefficient (Wildman–Crippen LogP) is 3.24. The number of nitrogens with one attached hydrogen (secondary N) is 3. The average molecular weight is 376 g/mol. The topological polar surface area (TPSA) is 105 Å². The van der Waals surface area contributed by atoms with Crippen LogP contribution in [0.2, 0.25) is 0 Å². The van der Waals surface area contributed by atoms with Crippen LogP contribution in [-0.4, -0.2) is 35.8 Å². The number of ether oxygens (including phenoxy) is 2. The Morgan fingerprint density at radius 1 is 1.41 bits per heavy atom. The first-order valence-electron chi connectivity index (χ1n) is 8.14. The van der Waals surface area contributed by atoms with Crippen LogP contribution >= 0.6 is 0 Å². The van der Waals surface area contributed by atoms with Gasteiger partial charge < -0.3 is 20.1 Å².